The average Bonchev–Trinajstić information content (AvgIpc) is 2.68. The van der Waals surface area contributed by atoms with E-state index in [0.717, 1.165) is 30.7 Å². The minimum Gasteiger partial charge on any atom is -0.489 e. The molecule has 1 N–H and O–H groups in total. The largest absolute Gasteiger partial charge is 0.489 e. The Hall–Kier alpha value is -1.19. The van der Waals surface area contributed by atoms with E-state index in [1.165, 1.54) is 0 Å². The summed E-state index contributed by atoms with van der Waals surface area (Å²) in [7, 11) is 0. The van der Waals surface area contributed by atoms with Crippen molar-refractivity contribution in [1.29, 1.82) is 0 Å². The minimum absolute atomic E-state index is 0.338. The Morgan fingerprint density at radius 1 is 1.35 bits per heavy atom. The van der Waals surface area contributed by atoms with Crippen molar-refractivity contribution in [3.05, 3.63) is 28.8 Å². The molecule has 1 atom stereocenters. The summed E-state index contributed by atoms with van der Waals surface area (Å²) in [6.07, 6.45) is 6.21. The summed E-state index contributed by atoms with van der Waals surface area (Å²) in [5.74, 6) is 1.40. The number of halogens is 1. The molecule has 0 fully saturated rings. The van der Waals surface area contributed by atoms with Crippen LogP contribution >= 0.6 is 11.6 Å². The summed E-state index contributed by atoms with van der Waals surface area (Å²) in [5.41, 5.74) is 1.03. The van der Waals surface area contributed by atoms with Gasteiger partial charge in [-0.3, -0.25) is 0 Å². The van der Waals surface area contributed by atoms with Gasteiger partial charge in [0.25, 0.3) is 0 Å². The molecule has 1 heterocycles. The van der Waals surface area contributed by atoms with Crippen LogP contribution in [0.3, 0.4) is 0 Å². The lowest BCUT2D eigenvalue weighted by Crippen LogP contribution is -2.24. The van der Waals surface area contributed by atoms with Crippen LogP contribution in [0.4, 0.5) is 0 Å². The van der Waals surface area contributed by atoms with Crippen LogP contribution in [0.15, 0.2) is 18.2 Å². The van der Waals surface area contributed by atoms with Crippen molar-refractivity contribution in [3.63, 3.8) is 0 Å². The third kappa shape index (κ3) is 4.15. The van der Waals surface area contributed by atoms with Crippen LogP contribution in [-0.4, -0.2) is 25.8 Å². The van der Waals surface area contributed by atoms with Crippen molar-refractivity contribution >= 4 is 17.7 Å². The Labute approximate surface area is 125 Å². The Morgan fingerprint density at radius 2 is 2.15 bits per heavy atom. The highest BCUT2D eigenvalue weighted by molar-refractivity contribution is 6.32. The molecule has 0 spiro atoms. The van der Waals surface area contributed by atoms with Gasteiger partial charge < -0.3 is 14.8 Å². The molecule has 1 aromatic carbocycles. The first-order valence-corrected chi connectivity index (χ1v) is 7.59. The van der Waals surface area contributed by atoms with Gasteiger partial charge in [-0.05, 0) is 37.6 Å². The fourth-order valence-electron chi connectivity index (χ4n) is 2.04. The third-order valence-electron chi connectivity index (χ3n) is 3.12. The van der Waals surface area contributed by atoms with Crippen LogP contribution in [0, 0.1) is 0 Å². The molecule has 0 saturated carbocycles. The van der Waals surface area contributed by atoms with E-state index in [1.807, 2.05) is 12.1 Å². The fourth-order valence-corrected chi connectivity index (χ4v) is 2.32. The van der Waals surface area contributed by atoms with Crippen molar-refractivity contribution in [3.8, 4) is 11.5 Å². The zero-order valence-corrected chi connectivity index (χ0v) is 12.9. The van der Waals surface area contributed by atoms with E-state index in [0.29, 0.717) is 30.0 Å². The number of hydrogen-bond donors (Lipinski definition) is 1. The Bertz CT molecular complexity index is 474. The van der Waals surface area contributed by atoms with E-state index in [-0.39, 0.29) is 0 Å². The van der Waals surface area contributed by atoms with Crippen LogP contribution in [0.5, 0.6) is 11.5 Å². The topological polar surface area (TPSA) is 30.5 Å². The van der Waals surface area contributed by atoms with Crippen molar-refractivity contribution in [2.45, 2.75) is 32.7 Å². The molecule has 0 amide bonds. The Balaban J connectivity index is 2.11. The lowest BCUT2D eigenvalue weighted by atomic mass is 10.1. The van der Waals surface area contributed by atoms with Gasteiger partial charge in [-0.2, -0.15) is 0 Å². The van der Waals surface area contributed by atoms with E-state index < -0.39 is 0 Å². The summed E-state index contributed by atoms with van der Waals surface area (Å²) >= 11 is 6.26. The molecule has 1 aliphatic rings. The second-order valence-corrected chi connectivity index (χ2v) is 5.39. The second kappa shape index (κ2) is 7.55. The maximum atomic E-state index is 6.26. The molecule has 4 heteroatoms. The molecule has 0 saturated heterocycles. The van der Waals surface area contributed by atoms with Crippen LogP contribution in [0.25, 0.3) is 6.08 Å². The molecule has 110 valence electrons. The summed E-state index contributed by atoms with van der Waals surface area (Å²) in [4.78, 5) is 0. The number of fused-ring (bicyclic) bond motifs is 1. The van der Waals surface area contributed by atoms with E-state index in [4.69, 9.17) is 21.1 Å². The van der Waals surface area contributed by atoms with E-state index in [1.54, 1.807) is 0 Å². The van der Waals surface area contributed by atoms with Crippen molar-refractivity contribution < 1.29 is 9.47 Å². The van der Waals surface area contributed by atoms with E-state index in [2.05, 4.69) is 31.3 Å². The number of rotatable bonds is 5. The first-order chi connectivity index (χ1) is 9.70. The van der Waals surface area contributed by atoms with Gasteiger partial charge in [0.15, 0.2) is 11.5 Å². The van der Waals surface area contributed by atoms with Gasteiger partial charge in [0.2, 0.25) is 0 Å². The molecule has 0 radical (unpaired) electrons. The number of nitrogens with one attached hydrogen (secondary N) is 1. The Kier molecular flexibility index (Phi) is 5.74. The number of hydrogen-bond acceptors (Lipinski definition) is 3. The predicted octanol–water partition coefficient (Wildman–Crippen LogP) is 3.90. The van der Waals surface area contributed by atoms with Crippen LogP contribution in [0.1, 0.15) is 32.3 Å². The van der Waals surface area contributed by atoms with Gasteiger partial charge in [0, 0.05) is 12.5 Å². The van der Waals surface area contributed by atoms with E-state index >= 15 is 0 Å². The zero-order valence-electron chi connectivity index (χ0n) is 12.1. The summed E-state index contributed by atoms with van der Waals surface area (Å²) in [6.45, 7) is 6.64. The van der Waals surface area contributed by atoms with E-state index in [9.17, 15) is 0 Å². The van der Waals surface area contributed by atoms with Gasteiger partial charge in [0.05, 0.1) is 18.2 Å². The first kappa shape index (κ1) is 15.2. The third-order valence-corrected chi connectivity index (χ3v) is 3.40. The van der Waals surface area contributed by atoms with Crippen molar-refractivity contribution in [2.24, 2.45) is 0 Å². The van der Waals surface area contributed by atoms with Gasteiger partial charge in [0.1, 0.15) is 0 Å². The summed E-state index contributed by atoms with van der Waals surface area (Å²) in [6, 6.07) is 4.23. The lowest BCUT2D eigenvalue weighted by Gasteiger charge is -2.11. The van der Waals surface area contributed by atoms with Gasteiger partial charge in [-0.15, -0.1) is 0 Å². The minimum atomic E-state index is 0.338. The highest BCUT2D eigenvalue weighted by Gasteiger charge is 2.14. The molecule has 20 heavy (non-hydrogen) atoms. The molecule has 0 aromatic heterocycles. The standard InChI is InChI=1S/C16H22ClNO2/c1-3-7-18-12(2)5-6-13-10-14(17)16-15(11-13)19-8-4-9-20-16/h5-6,10-12,18H,3-4,7-9H2,1-2H3/b6-5+. The van der Waals surface area contributed by atoms with Gasteiger partial charge in [-0.1, -0.05) is 30.7 Å². The predicted molar refractivity (Wildman–Crippen MR) is 83.8 cm³/mol. The normalized spacial score (nSPS) is 16.1. The average molecular weight is 296 g/mol. The zero-order chi connectivity index (χ0) is 14.4. The quantitative estimate of drug-likeness (QED) is 0.893. The number of ether oxygens (including phenoxy) is 2. The molecule has 1 aromatic rings. The maximum absolute atomic E-state index is 6.26. The number of benzene rings is 1. The van der Waals surface area contributed by atoms with Crippen molar-refractivity contribution in [1.82, 2.24) is 5.32 Å². The summed E-state index contributed by atoms with van der Waals surface area (Å²) < 4.78 is 11.3. The highest BCUT2D eigenvalue weighted by atomic mass is 35.5. The molecule has 3 nitrogen and oxygen atoms in total. The molecule has 2 rings (SSSR count). The van der Waals surface area contributed by atoms with Gasteiger partial charge in [-0.25, -0.2) is 0 Å². The van der Waals surface area contributed by atoms with Crippen LogP contribution in [0.2, 0.25) is 5.02 Å². The SMILES string of the molecule is CCCNC(C)/C=C/c1cc(Cl)c2c(c1)OCCCO2. The van der Waals surface area contributed by atoms with Crippen LogP contribution < -0.4 is 14.8 Å². The smallest absolute Gasteiger partial charge is 0.179 e. The molecule has 1 unspecified atom stereocenters. The highest BCUT2D eigenvalue weighted by Crippen LogP contribution is 2.38. The molecular weight excluding hydrogens is 274 g/mol. The van der Waals surface area contributed by atoms with Crippen molar-refractivity contribution in [2.75, 3.05) is 19.8 Å². The van der Waals surface area contributed by atoms with Crippen LogP contribution in [-0.2, 0) is 0 Å². The summed E-state index contributed by atoms with van der Waals surface area (Å²) in [5, 5.41) is 4.02. The maximum Gasteiger partial charge on any atom is 0.179 e. The Morgan fingerprint density at radius 3 is 2.95 bits per heavy atom. The fraction of sp³-hybridized carbons (Fsp3) is 0.500. The molecule has 0 aliphatic carbocycles. The lowest BCUT2D eigenvalue weighted by molar-refractivity contribution is 0.297. The molecular formula is C16H22ClNO2. The molecule has 0 bridgehead atoms. The monoisotopic (exact) mass is 295 g/mol. The molecule has 1 aliphatic heterocycles. The first-order valence-electron chi connectivity index (χ1n) is 7.21. The second-order valence-electron chi connectivity index (χ2n) is 4.98. The van der Waals surface area contributed by atoms with Gasteiger partial charge >= 0.3 is 0 Å².